The predicted octanol–water partition coefficient (Wildman–Crippen LogP) is 2.77. The van der Waals surface area contributed by atoms with Crippen molar-refractivity contribution in [1.82, 2.24) is 20.2 Å². The first-order valence-corrected chi connectivity index (χ1v) is 9.92. The molecular weight excluding hydrogens is 398 g/mol. The van der Waals surface area contributed by atoms with E-state index in [9.17, 15) is 4.79 Å². The Bertz CT molecular complexity index is 946. The van der Waals surface area contributed by atoms with Crippen molar-refractivity contribution >= 4 is 29.3 Å². The van der Waals surface area contributed by atoms with Crippen LogP contribution in [0.2, 0.25) is 5.02 Å². The number of methoxy groups -OCH3 is 1. The van der Waals surface area contributed by atoms with Crippen LogP contribution in [0.4, 0.5) is 0 Å². The molecule has 0 atom stereocenters. The average Bonchev–Trinajstić information content (AvgIpc) is 3.07. The number of thioether (sulfide) groups is 1. The SMILES string of the molecule is COc1ccc(-c2nnc(SCC(=O)NCCc3cccc(Cl)c3)n2N)cc1. The van der Waals surface area contributed by atoms with Gasteiger partial charge in [0.15, 0.2) is 5.82 Å². The number of rotatable bonds is 8. The van der Waals surface area contributed by atoms with E-state index in [-0.39, 0.29) is 11.7 Å². The van der Waals surface area contributed by atoms with Crippen LogP contribution < -0.4 is 15.9 Å². The van der Waals surface area contributed by atoms with Crippen molar-refractivity contribution in [1.29, 1.82) is 0 Å². The van der Waals surface area contributed by atoms with Crippen LogP contribution in [0.3, 0.4) is 0 Å². The highest BCUT2D eigenvalue weighted by Gasteiger charge is 2.13. The molecule has 2 aromatic carbocycles. The van der Waals surface area contributed by atoms with E-state index in [0.717, 1.165) is 16.9 Å². The molecule has 0 saturated carbocycles. The summed E-state index contributed by atoms with van der Waals surface area (Å²) in [5.74, 6) is 7.45. The van der Waals surface area contributed by atoms with E-state index in [0.29, 0.717) is 29.0 Å². The van der Waals surface area contributed by atoms with Gasteiger partial charge in [0.1, 0.15) is 5.75 Å². The number of carbonyl (C=O) groups excluding carboxylic acids is 1. The number of hydrogen-bond acceptors (Lipinski definition) is 6. The maximum absolute atomic E-state index is 12.1. The van der Waals surface area contributed by atoms with Crippen LogP contribution in [0.5, 0.6) is 5.75 Å². The lowest BCUT2D eigenvalue weighted by molar-refractivity contribution is -0.118. The van der Waals surface area contributed by atoms with Gasteiger partial charge >= 0.3 is 0 Å². The predicted molar refractivity (Wildman–Crippen MR) is 111 cm³/mol. The molecule has 0 bridgehead atoms. The van der Waals surface area contributed by atoms with Gasteiger partial charge in [-0.25, -0.2) is 4.68 Å². The normalized spacial score (nSPS) is 10.6. The Morgan fingerprint density at radius 2 is 2.04 bits per heavy atom. The van der Waals surface area contributed by atoms with Gasteiger partial charge in [0.25, 0.3) is 0 Å². The van der Waals surface area contributed by atoms with Crippen molar-refractivity contribution in [3.63, 3.8) is 0 Å². The molecule has 0 aliphatic heterocycles. The molecule has 0 radical (unpaired) electrons. The van der Waals surface area contributed by atoms with Gasteiger partial charge in [0.05, 0.1) is 12.9 Å². The van der Waals surface area contributed by atoms with Crippen molar-refractivity contribution < 1.29 is 9.53 Å². The van der Waals surface area contributed by atoms with Gasteiger partial charge in [-0.05, 0) is 48.4 Å². The number of nitrogen functional groups attached to an aromatic ring is 1. The molecule has 3 N–H and O–H groups in total. The average molecular weight is 418 g/mol. The molecule has 9 heteroatoms. The minimum absolute atomic E-state index is 0.0963. The summed E-state index contributed by atoms with van der Waals surface area (Å²) < 4.78 is 6.52. The zero-order chi connectivity index (χ0) is 19.9. The molecule has 7 nitrogen and oxygen atoms in total. The number of nitrogens with zero attached hydrogens (tertiary/aromatic N) is 3. The van der Waals surface area contributed by atoms with E-state index in [4.69, 9.17) is 22.2 Å². The van der Waals surface area contributed by atoms with Crippen LogP contribution in [-0.4, -0.2) is 40.2 Å². The molecule has 146 valence electrons. The summed E-state index contributed by atoms with van der Waals surface area (Å²) in [6.07, 6.45) is 0.714. The summed E-state index contributed by atoms with van der Waals surface area (Å²) in [7, 11) is 1.61. The summed E-state index contributed by atoms with van der Waals surface area (Å²) >= 11 is 7.19. The minimum atomic E-state index is -0.0963. The first-order chi connectivity index (χ1) is 13.6. The van der Waals surface area contributed by atoms with Crippen molar-refractivity contribution in [3.8, 4) is 17.1 Å². The maximum atomic E-state index is 12.1. The largest absolute Gasteiger partial charge is 0.497 e. The number of carbonyl (C=O) groups is 1. The van der Waals surface area contributed by atoms with Gasteiger partial charge in [-0.15, -0.1) is 10.2 Å². The molecule has 0 aliphatic rings. The summed E-state index contributed by atoms with van der Waals surface area (Å²) in [4.78, 5) is 12.1. The molecule has 1 heterocycles. The number of aromatic nitrogens is 3. The van der Waals surface area contributed by atoms with Gasteiger partial charge in [0.2, 0.25) is 11.1 Å². The molecule has 1 amide bonds. The number of hydrogen-bond donors (Lipinski definition) is 2. The van der Waals surface area contributed by atoms with Crippen LogP contribution >= 0.6 is 23.4 Å². The Balaban J connectivity index is 1.50. The zero-order valence-corrected chi connectivity index (χ0v) is 16.8. The number of halogens is 1. The molecule has 3 aromatic rings. The second kappa shape index (κ2) is 9.48. The number of ether oxygens (including phenoxy) is 1. The first-order valence-electron chi connectivity index (χ1n) is 8.55. The number of amides is 1. The summed E-state index contributed by atoms with van der Waals surface area (Å²) in [6.45, 7) is 0.534. The smallest absolute Gasteiger partial charge is 0.230 e. The molecule has 28 heavy (non-hydrogen) atoms. The highest BCUT2D eigenvalue weighted by Crippen LogP contribution is 2.23. The fourth-order valence-electron chi connectivity index (χ4n) is 2.53. The summed E-state index contributed by atoms with van der Waals surface area (Å²) in [6, 6.07) is 14.9. The Labute approximate surface area is 172 Å². The molecule has 0 saturated heterocycles. The lowest BCUT2D eigenvalue weighted by Crippen LogP contribution is -2.27. The van der Waals surface area contributed by atoms with Gasteiger partial charge in [-0.2, -0.15) is 0 Å². The Kier molecular flexibility index (Phi) is 6.78. The quantitative estimate of drug-likeness (QED) is 0.432. The molecule has 0 fully saturated rings. The van der Waals surface area contributed by atoms with Crippen LogP contribution in [0.1, 0.15) is 5.56 Å². The lowest BCUT2D eigenvalue weighted by Gasteiger charge is -2.06. The first kappa shape index (κ1) is 20.0. The van der Waals surface area contributed by atoms with Crippen LogP contribution in [-0.2, 0) is 11.2 Å². The third kappa shape index (κ3) is 5.17. The highest BCUT2D eigenvalue weighted by atomic mass is 35.5. The third-order valence-electron chi connectivity index (χ3n) is 3.97. The zero-order valence-electron chi connectivity index (χ0n) is 15.3. The van der Waals surface area contributed by atoms with Crippen molar-refractivity contribution in [2.45, 2.75) is 11.6 Å². The van der Waals surface area contributed by atoms with E-state index >= 15 is 0 Å². The van der Waals surface area contributed by atoms with Crippen LogP contribution in [0.25, 0.3) is 11.4 Å². The lowest BCUT2D eigenvalue weighted by atomic mass is 10.1. The molecule has 1 aromatic heterocycles. The Hall–Kier alpha value is -2.71. The van der Waals surface area contributed by atoms with Crippen LogP contribution in [0, 0.1) is 0 Å². The molecule has 3 rings (SSSR count). The topological polar surface area (TPSA) is 95.1 Å². The van der Waals surface area contributed by atoms with Gasteiger partial charge < -0.3 is 15.9 Å². The van der Waals surface area contributed by atoms with Gasteiger partial charge in [-0.1, -0.05) is 35.5 Å². The van der Waals surface area contributed by atoms with E-state index in [2.05, 4.69) is 15.5 Å². The Morgan fingerprint density at radius 1 is 1.25 bits per heavy atom. The van der Waals surface area contributed by atoms with Crippen molar-refractivity contribution in [3.05, 3.63) is 59.1 Å². The van der Waals surface area contributed by atoms with E-state index < -0.39 is 0 Å². The van der Waals surface area contributed by atoms with Gasteiger partial charge in [0, 0.05) is 17.1 Å². The van der Waals surface area contributed by atoms with Crippen molar-refractivity contribution in [2.75, 3.05) is 25.3 Å². The second-order valence-corrected chi connectivity index (χ2v) is 7.30. The minimum Gasteiger partial charge on any atom is -0.497 e. The van der Waals surface area contributed by atoms with Crippen LogP contribution in [0.15, 0.2) is 53.7 Å². The monoisotopic (exact) mass is 417 g/mol. The highest BCUT2D eigenvalue weighted by molar-refractivity contribution is 7.99. The van der Waals surface area contributed by atoms with Gasteiger partial charge in [-0.3, -0.25) is 4.79 Å². The molecule has 0 aliphatic carbocycles. The molecule has 0 unspecified atom stereocenters. The number of benzene rings is 2. The maximum Gasteiger partial charge on any atom is 0.230 e. The standard InChI is InChI=1S/C19H20ClN5O2S/c1-27-16-7-5-14(6-8-16)18-23-24-19(25(18)21)28-12-17(26)22-10-9-13-3-2-4-15(20)11-13/h2-8,11H,9-10,12,21H2,1H3,(H,22,26). The Morgan fingerprint density at radius 3 is 2.75 bits per heavy atom. The summed E-state index contributed by atoms with van der Waals surface area (Å²) in [5, 5.41) is 12.2. The van der Waals surface area contributed by atoms with E-state index in [1.165, 1.54) is 16.4 Å². The summed E-state index contributed by atoms with van der Waals surface area (Å²) in [5.41, 5.74) is 1.89. The van der Waals surface area contributed by atoms with E-state index in [1.54, 1.807) is 7.11 Å². The molecule has 0 spiro atoms. The number of nitrogens with two attached hydrogens (primary N) is 1. The van der Waals surface area contributed by atoms with E-state index in [1.807, 2.05) is 48.5 Å². The third-order valence-corrected chi connectivity index (χ3v) is 5.15. The number of nitrogens with one attached hydrogen (secondary N) is 1. The van der Waals surface area contributed by atoms with Crippen molar-refractivity contribution in [2.24, 2.45) is 0 Å². The molecular formula is C19H20ClN5O2S. The fourth-order valence-corrected chi connectivity index (χ4v) is 3.43. The second-order valence-electron chi connectivity index (χ2n) is 5.92. The fraction of sp³-hybridized carbons (Fsp3) is 0.211.